The highest BCUT2D eigenvalue weighted by Gasteiger charge is 2.34. The van der Waals surface area contributed by atoms with E-state index in [-0.39, 0.29) is 4.90 Å². The number of aromatic amines is 1. The molecule has 1 aliphatic heterocycles. The normalized spacial score (nSPS) is 25.0. The Bertz CT molecular complexity index is 550. The maximum Gasteiger partial charge on any atom is 0.243 e. The van der Waals surface area contributed by atoms with Gasteiger partial charge in [0.15, 0.2) is 0 Å². The fraction of sp³-hybridized carbons (Fsp3) is 0.750. The number of aryl methyl sites for hydroxylation is 1. The third-order valence-electron chi connectivity index (χ3n) is 4.02. The summed E-state index contributed by atoms with van der Waals surface area (Å²) >= 11 is 0. The van der Waals surface area contributed by atoms with Gasteiger partial charge in [0.2, 0.25) is 10.0 Å². The van der Waals surface area contributed by atoms with Gasteiger partial charge in [0.1, 0.15) is 4.90 Å². The van der Waals surface area contributed by atoms with Crippen molar-refractivity contribution < 1.29 is 8.42 Å². The van der Waals surface area contributed by atoms with Crippen molar-refractivity contribution in [1.29, 1.82) is 0 Å². The summed E-state index contributed by atoms with van der Waals surface area (Å²) in [4.78, 5) is 2.74. The molecule has 1 aromatic heterocycles. The minimum absolute atomic E-state index is 0.254. The second-order valence-corrected chi connectivity index (χ2v) is 7.33. The Balaban J connectivity index is 1.56. The average Bonchev–Trinajstić information content (AvgIpc) is 2.94. The predicted molar refractivity (Wildman–Crippen MR) is 71.2 cm³/mol. The molecule has 2 fully saturated rings. The molecule has 0 spiro atoms. The van der Waals surface area contributed by atoms with E-state index in [1.807, 2.05) is 0 Å². The lowest BCUT2D eigenvalue weighted by Crippen LogP contribution is -2.31. The number of nitrogens with zero attached hydrogens (tertiary/aromatic N) is 2. The third-order valence-corrected chi connectivity index (χ3v) is 5.55. The first-order valence-electron chi connectivity index (χ1n) is 6.80. The Labute approximate surface area is 113 Å². The van der Waals surface area contributed by atoms with Crippen molar-refractivity contribution in [2.45, 2.75) is 37.1 Å². The van der Waals surface area contributed by atoms with E-state index >= 15 is 0 Å². The molecule has 0 radical (unpaired) electrons. The first-order valence-corrected chi connectivity index (χ1v) is 8.28. The van der Waals surface area contributed by atoms with Gasteiger partial charge >= 0.3 is 0 Å². The summed E-state index contributed by atoms with van der Waals surface area (Å²) in [6, 6.07) is 0.776. The number of rotatable bonds is 5. The van der Waals surface area contributed by atoms with Crippen LogP contribution >= 0.6 is 0 Å². The summed E-state index contributed by atoms with van der Waals surface area (Å²) in [6.45, 7) is 4.38. The van der Waals surface area contributed by atoms with Gasteiger partial charge in [0.25, 0.3) is 0 Å². The summed E-state index contributed by atoms with van der Waals surface area (Å²) in [5, 5.41) is 6.41. The zero-order valence-electron chi connectivity index (χ0n) is 11.1. The molecule has 0 bridgehead atoms. The highest BCUT2D eigenvalue weighted by Crippen LogP contribution is 2.31. The number of hydrogen-bond acceptors (Lipinski definition) is 4. The van der Waals surface area contributed by atoms with Crippen molar-refractivity contribution in [3.8, 4) is 0 Å². The second kappa shape index (κ2) is 4.88. The molecule has 1 saturated carbocycles. The van der Waals surface area contributed by atoms with Crippen molar-refractivity contribution in [3.63, 3.8) is 0 Å². The van der Waals surface area contributed by atoms with Gasteiger partial charge in [-0.2, -0.15) is 5.10 Å². The smallest absolute Gasteiger partial charge is 0.243 e. The first kappa shape index (κ1) is 13.1. The van der Waals surface area contributed by atoms with E-state index < -0.39 is 10.0 Å². The molecule has 0 aromatic carbocycles. The largest absolute Gasteiger partial charge is 0.300 e. The summed E-state index contributed by atoms with van der Waals surface area (Å²) in [6.07, 6.45) is 5.07. The van der Waals surface area contributed by atoms with Gasteiger partial charge in [-0.1, -0.05) is 0 Å². The molecule has 0 amide bonds. The van der Waals surface area contributed by atoms with Gasteiger partial charge in [-0.3, -0.25) is 5.10 Å². The number of hydrogen-bond donors (Lipinski definition) is 2. The van der Waals surface area contributed by atoms with Gasteiger partial charge in [0.05, 0.1) is 11.9 Å². The van der Waals surface area contributed by atoms with Crippen LogP contribution < -0.4 is 4.72 Å². The fourth-order valence-electron chi connectivity index (χ4n) is 2.72. The molecule has 19 heavy (non-hydrogen) atoms. The molecule has 1 aliphatic carbocycles. The Morgan fingerprint density at radius 2 is 2.26 bits per heavy atom. The lowest BCUT2D eigenvalue weighted by molar-refractivity contribution is 0.314. The fourth-order valence-corrected chi connectivity index (χ4v) is 3.97. The molecule has 1 aromatic rings. The van der Waals surface area contributed by atoms with Gasteiger partial charge in [-0.05, 0) is 38.6 Å². The standard InChI is InChI=1S/C12H20N4O2S/c1-9-12(7-13-15-9)19(17,18)14-6-10-4-5-16(8-10)11-2-3-11/h7,10-11,14H,2-6,8H2,1H3,(H,13,15). The highest BCUT2D eigenvalue weighted by atomic mass is 32.2. The molecule has 2 N–H and O–H groups in total. The van der Waals surface area contributed by atoms with Crippen molar-refractivity contribution in [1.82, 2.24) is 19.8 Å². The Morgan fingerprint density at radius 1 is 1.47 bits per heavy atom. The SMILES string of the molecule is Cc1[nH]ncc1S(=O)(=O)NCC1CCN(C2CC2)C1. The minimum Gasteiger partial charge on any atom is -0.300 e. The van der Waals surface area contributed by atoms with Crippen LogP contribution in [0.15, 0.2) is 11.1 Å². The van der Waals surface area contributed by atoms with E-state index in [4.69, 9.17) is 0 Å². The van der Waals surface area contributed by atoms with E-state index in [2.05, 4.69) is 19.8 Å². The van der Waals surface area contributed by atoms with Crippen LogP contribution in [-0.2, 0) is 10.0 Å². The molecule has 1 unspecified atom stereocenters. The minimum atomic E-state index is -3.42. The van der Waals surface area contributed by atoms with Crippen LogP contribution in [0, 0.1) is 12.8 Å². The van der Waals surface area contributed by atoms with Crippen molar-refractivity contribution in [2.75, 3.05) is 19.6 Å². The van der Waals surface area contributed by atoms with Crippen molar-refractivity contribution >= 4 is 10.0 Å². The first-order chi connectivity index (χ1) is 9.06. The van der Waals surface area contributed by atoms with E-state index in [1.165, 1.54) is 19.0 Å². The Kier molecular flexibility index (Phi) is 3.36. The molecule has 3 rings (SSSR count). The van der Waals surface area contributed by atoms with Gasteiger partial charge in [-0.25, -0.2) is 13.1 Å². The molecule has 2 aliphatic rings. The molecule has 7 heteroatoms. The van der Waals surface area contributed by atoms with Gasteiger partial charge in [-0.15, -0.1) is 0 Å². The van der Waals surface area contributed by atoms with Gasteiger partial charge in [0, 0.05) is 19.1 Å². The van der Waals surface area contributed by atoms with Crippen molar-refractivity contribution in [2.24, 2.45) is 5.92 Å². The Hall–Kier alpha value is -0.920. The van der Waals surface area contributed by atoms with Crippen LogP contribution in [0.3, 0.4) is 0 Å². The average molecular weight is 284 g/mol. The zero-order chi connectivity index (χ0) is 13.5. The molecule has 6 nitrogen and oxygen atoms in total. The van der Waals surface area contributed by atoms with Crippen LogP contribution in [-0.4, -0.2) is 49.2 Å². The monoisotopic (exact) mass is 284 g/mol. The number of sulfonamides is 1. The number of nitrogens with one attached hydrogen (secondary N) is 2. The second-order valence-electron chi connectivity index (χ2n) is 5.59. The summed E-state index contributed by atoms with van der Waals surface area (Å²) in [5.74, 6) is 0.433. The van der Waals surface area contributed by atoms with E-state index in [0.717, 1.165) is 25.6 Å². The maximum atomic E-state index is 12.1. The predicted octanol–water partition coefficient (Wildman–Crippen LogP) is 0.481. The Morgan fingerprint density at radius 3 is 2.89 bits per heavy atom. The van der Waals surface area contributed by atoms with E-state index in [9.17, 15) is 8.42 Å². The summed E-state index contributed by atoms with van der Waals surface area (Å²) < 4.78 is 26.9. The topological polar surface area (TPSA) is 78.1 Å². The zero-order valence-corrected chi connectivity index (χ0v) is 11.9. The number of aromatic nitrogens is 2. The van der Waals surface area contributed by atoms with Gasteiger partial charge < -0.3 is 4.90 Å². The lowest BCUT2D eigenvalue weighted by Gasteiger charge is -2.15. The van der Waals surface area contributed by atoms with Crippen LogP contribution in [0.2, 0.25) is 0 Å². The molecular weight excluding hydrogens is 264 g/mol. The van der Waals surface area contributed by atoms with Crippen LogP contribution in [0.25, 0.3) is 0 Å². The third kappa shape index (κ3) is 2.82. The van der Waals surface area contributed by atoms with E-state index in [1.54, 1.807) is 6.92 Å². The molecule has 1 saturated heterocycles. The van der Waals surface area contributed by atoms with Crippen LogP contribution in [0.4, 0.5) is 0 Å². The molecular formula is C12H20N4O2S. The van der Waals surface area contributed by atoms with E-state index in [0.29, 0.717) is 18.2 Å². The molecule has 2 heterocycles. The molecule has 106 valence electrons. The number of H-pyrrole nitrogens is 1. The summed E-state index contributed by atoms with van der Waals surface area (Å²) in [7, 11) is -3.42. The lowest BCUT2D eigenvalue weighted by atomic mass is 10.1. The quantitative estimate of drug-likeness (QED) is 0.824. The summed E-state index contributed by atoms with van der Waals surface area (Å²) in [5.41, 5.74) is 0.582. The molecule has 1 atom stereocenters. The van der Waals surface area contributed by atoms with Crippen molar-refractivity contribution in [3.05, 3.63) is 11.9 Å². The number of likely N-dealkylation sites (tertiary alicyclic amines) is 1. The maximum absolute atomic E-state index is 12.1. The van der Waals surface area contributed by atoms with Crippen LogP contribution in [0.1, 0.15) is 25.0 Å². The highest BCUT2D eigenvalue weighted by molar-refractivity contribution is 7.89. The van der Waals surface area contributed by atoms with Crippen LogP contribution in [0.5, 0.6) is 0 Å².